The third-order valence-electron chi connectivity index (χ3n) is 2.86. The minimum atomic E-state index is -3.82. The van der Waals surface area contributed by atoms with E-state index in [9.17, 15) is 8.42 Å². The molecule has 0 aliphatic heterocycles. The van der Waals surface area contributed by atoms with Crippen LogP contribution in [0.15, 0.2) is 39.8 Å². The topological polar surface area (TPSA) is 83.6 Å². The Morgan fingerprint density at radius 2 is 1.90 bits per heavy atom. The molecule has 0 unspecified atom stereocenters. The number of anilines is 1. The third kappa shape index (κ3) is 2.54. The van der Waals surface area contributed by atoms with Crippen LogP contribution in [0.4, 0.5) is 5.69 Å². The summed E-state index contributed by atoms with van der Waals surface area (Å²) in [6, 6.07) is 8.62. The Balaban J connectivity index is 2.54. The van der Waals surface area contributed by atoms with Crippen LogP contribution in [0.1, 0.15) is 11.5 Å². The number of hydrogen-bond donors (Lipinski definition) is 1. The number of aryl methyl sites for hydroxylation is 2. The largest absolute Gasteiger partial charge is 0.394 e. The van der Waals surface area contributed by atoms with Crippen LogP contribution in [-0.4, -0.2) is 31.8 Å². The normalized spacial score (nSPS) is 11.6. The summed E-state index contributed by atoms with van der Waals surface area (Å²) in [5, 5.41) is 12.8. The van der Waals surface area contributed by atoms with Crippen molar-refractivity contribution in [3.63, 3.8) is 0 Å². The van der Waals surface area contributed by atoms with Crippen molar-refractivity contribution in [2.24, 2.45) is 0 Å². The second-order valence-corrected chi connectivity index (χ2v) is 6.09. The summed E-state index contributed by atoms with van der Waals surface area (Å²) in [6.45, 7) is 2.81. The van der Waals surface area contributed by atoms with Crippen molar-refractivity contribution in [1.82, 2.24) is 5.16 Å². The number of para-hydroxylation sites is 1. The molecule has 0 bridgehead atoms. The number of benzene rings is 1. The van der Waals surface area contributed by atoms with Gasteiger partial charge in [0.1, 0.15) is 5.69 Å². The minimum Gasteiger partial charge on any atom is -0.394 e. The molecule has 0 fully saturated rings. The Labute approximate surface area is 117 Å². The van der Waals surface area contributed by atoms with Gasteiger partial charge in [-0.05, 0) is 26.0 Å². The SMILES string of the molecule is Cc1noc(C)c1S(=O)(=O)N(CCO)c1ccccc1. The van der Waals surface area contributed by atoms with Gasteiger partial charge in [-0.25, -0.2) is 8.42 Å². The fraction of sp³-hybridized carbons (Fsp3) is 0.308. The van der Waals surface area contributed by atoms with Crippen molar-refractivity contribution in [3.05, 3.63) is 41.8 Å². The maximum Gasteiger partial charge on any atom is 0.269 e. The predicted molar refractivity (Wildman–Crippen MR) is 74.0 cm³/mol. The molecule has 1 aromatic carbocycles. The van der Waals surface area contributed by atoms with E-state index in [1.165, 1.54) is 0 Å². The van der Waals surface area contributed by atoms with E-state index >= 15 is 0 Å². The maximum absolute atomic E-state index is 12.7. The number of aromatic nitrogens is 1. The van der Waals surface area contributed by atoms with E-state index in [4.69, 9.17) is 9.63 Å². The van der Waals surface area contributed by atoms with Crippen molar-refractivity contribution < 1.29 is 18.0 Å². The molecule has 0 radical (unpaired) electrons. The van der Waals surface area contributed by atoms with E-state index in [0.29, 0.717) is 11.4 Å². The Bertz CT molecular complexity index is 660. The lowest BCUT2D eigenvalue weighted by Gasteiger charge is -2.23. The van der Waals surface area contributed by atoms with E-state index in [1.54, 1.807) is 44.2 Å². The highest BCUT2D eigenvalue weighted by molar-refractivity contribution is 7.93. The Morgan fingerprint density at radius 3 is 2.40 bits per heavy atom. The lowest BCUT2D eigenvalue weighted by molar-refractivity contribution is 0.306. The lowest BCUT2D eigenvalue weighted by Crippen LogP contribution is -2.34. The molecular formula is C13H16N2O4S. The zero-order valence-electron chi connectivity index (χ0n) is 11.3. The highest BCUT2D eigenvalue weighted by Gasteiger charge is 2.30. The Kier molecular flexibility index (Phi) is 4.10. The number of nitrogens with zero attached hydrogens (tertiary/aromatic N) is 2. The van der Waals surface area contributed by atoms with Crippen molar-refractivity contribution in [2.75, 3.05) is 17.5 Å². The van der Waals surface area contributed by atoms with Crippen LogP contribution in [0.25, 0.3) is 0 Å². The molecule has 0 amide bonds. The van der Waals surface area contributed by atoms with Gasteiger partial charge in [0.05, 0.1) is 18.8 Å². The van der Waals surface area contributed by atoms with Crippen LogP contribution in [0.5, 0.6) is 0 Å². The fourth-order valence-corrected chi connectivity index (χ4v) is 3.78. The maximum atomic E-state index is 12.7. The highest BCUT2D eigenvalue weighted by Crippen LogP contribution is 2.27. The minimum absolute atomic E-state index is 0.0313. The molecule has 1 N–H and O–H groups in total. The highest BCUT2D eigenvalue weighted by atomic mass is 32.2. The van der Waals surface area contributed by atoms with Crippen LogP contribution < -0.4 is 4.31 Å². The molecule has 108 valence electrons. The summed E-state index contributed by atoms with van der Waals surface area (Å²) in [5.41, 5.74) is 0.794. The molecule has 0 aliphatic rings. The van der Waals surface area contributed by atoms with Crippen LogP contribution in [0.2, 0.25) is 0 Å². The van der Waals surface area contributed by atoms with E-state index in [0.717, 1.165) is 4.31 Å². The summed E-state index contributed by atoms with van der Waals surface area (Å²) in [5.74, 6) is 0.237. The van der Waals surface area contributed by atoms with Gasteiger partial charge in [-0.2, -0.15) is 0 Å². The van der Waals surface area contributed by atoms with Crippen molar-refractivity contribution in [3.8, 4) is 0 Å². The van der Waals surface area contributed by atoms with Gasteiger partial charge in [0.2, 0.25) is 0 Å². The van der Waals surface area contributed by atoms with Crippen LogP contribution in [0, 0.1) is 13.8 Å². The van der Waals surface area contributed by atoms with Crippen LogP contribution >= 0.6 is 0 Å². The first-order valence-corrected chi connectivity index (χ1v) is 7.54. The molecule has 1 aromatic heterocycles. The summed E-state index contributed by atoms with van der Waals surface area (Å²) < 4.78 is 31.6. The third-order valence-corrected chi connectivity index (χ3v) is 4.94. The quantitative estimate of drug-likeness (QED) is 0.903. The Hall–Kier alpha value is -1.86. The summed E-state index contributed by atoms with van der Waals surface area (Å²) >= 11 is 0. The smallest absolute Gasteiger partial charge is 0.269 e. The van der Waals surface area contributed by atoms with Gasteiger partial charge in [0.15, 0.2) is 10.7 Å². The zero-order valence-corrected chi connectivity index (χ0v) is 12.1. The zero-order chi connectivity index (χ0) is 14.8. The second-order valence-electron chi connectivity index (χ2n) is 4.29. The van der Waals surface area contributed by atoms with Gasteiger partial charge >= 0.3 is 0 Å². The molecule has 0 saturated carbocycles. The summed E-state index contributed by atoms with van der Waals surface area (Å²) in [4.78, 5) is 0.0507. The average molecular weight is 296 g/mol. The van der Waals surface area contributed by atoms with E-state index < -0.39 is 10.0 Å². The first-order valence-electron chi connectivity index (χ1n) is 6.10. The van der Waals surface area contributed by atoms with Gasteiger partial charge in [0.25, 0.3) is 10.0 Å². The average Bonchev–Trinajstić information content (AvgIpc) is 2.77. The van der Waals surface area contributed by atoms with E-state index in [1.807, 2.05) is 0 Å². The molecular weight excluding hydrogens is 280 g/mol. The number of rotatable bonds is 5. The number of hydrogen-bond acceptors (Lipinski definition) is 5. The molecule has 0 atom stereocenters. The van der Waals surface area contributed by atoms with Gasteiger partial charge in [-0.15, -0.1) is 0 Å². The van der Waals surface area contributed by atoms with Crippen molar-refractivity contribution in [1.29, 1.82) is 0 Å². The van der Waals surface area contributed by atoms with Crippen molar-refractivity contribution in [2.45, 2.75) is 18.7 Å². The molecule has 2 aromatic rings. The molecule has 7 heteroatoms. The molecule has 20 heavy (non-hydrogen) atoms. The number of aliphatic hydroxyl groups excluding tert-OH is 1. The summed E-state index contributed by atoms with van der Waals surface area (Å²) in [6.07, 6.45) is 0. The molecule has 1 heterocycles. The van der Waals surface area contributed by atoms with Gasteiger partial charge in [0, 0.05) is 0 Å². The molecule has 0 spiro atoms. The number of aliphatic hydroxyl groups is 1. The van der Waals surface area contributed by atoms with Crippen molar-refractivity contribution >= 4 is 15.7 Å². The number of sulfonamides is 1. The lowest BCUT2D eigenvalue weighted by atomic mass is 10.3. The van der Waals surface area contributed by atoms with E-state index in [2.05, 4.69) is 5.16 Å². The van der Waals surface area contributed by atoms with Gasteiger partial charge < -0.3 is 9.63 Å². The predicted octanol–water partition coefficient (Wildman–Crippen LogP) is 1.48. The standard InChI is InChI=1S/C13H16N2O4S/c1-10-13(11(2)19-14-10)20(17,18)15(8-9-16)12-6-4-3-5-7-12/h3-7,16H,8-9H2,1-2H3. The van der Waals surface area contributed by atoms with Gasteiger partial charge in [-0.3, -0.25) is 4.31 Å². The van der Waals surface area contributed by atoms with Crippen LogP contribution in [0.3, 0.4) is 0 Å². The molecule has 0 aliphatic carbocycles. The molecule has 2 rings (SSSR count). The fourth-order valence-electron chi connectivity index (χ4n) is 2.03. The monoisotopic (exact) mass is 296 g/mol. The first kappa shape index (κ1) is 14.5. The first-order chi connectivity index (χ1) is 9.48. The second kappa shape index (κ2) is 5.64. The van der Waals surface area contributed by atoms with Crippen LogP contribution in [-0.2, 0) is 10.0 Å². The molecule has 0 saturated heterocycles. The van der Waals surface area contributed by atoms with Gasteiger partial charge in [-0.1, -0.05) is 23.4 Å². The van der Waals surface area contributed by atoms with E-state index in [-0.39, 0.29) is 23.8 Å². The summed E-state index contributed by atoms with van der Waals surface area (Å²) in [7, 11) is -3.82. The molecule has 6 nitrogen and oxygen atoms in total. The Morgan fingerprint density at radius 1 is 1.25 bits per heavy atom.